The van der Waals surface area contributed by atoms with E-state index in [4.69, 9.17) is 0 Å². The van der Waals surface area contributed by atoms with Crippen molar-refractivity contribution in [2.24, 2.45) is 0 Å². The highest BCUT2D eigenvalue weighted by molar-refractivity contribution is 9.10. The van der Waals surface area contributed by atoms with Crippen molar-refractivity contribution in [2.75, 3.05) is 0 Å². The number of carbonyl (C=O) groups is 1. The summed E-state index contributed by atoms with van der Waals surface area (Å²) in [6.45, 7) is 1.84. The van der Waals surface area contributed by atoms with E-state index in [0.29, 0.717) is 0 Å². The zero-order valence-electron chi connectivity index (χ0n) is 8.66. The third-order valence-electron chi connectivity index (χ3n) is 2.81. The summed E-state index contributed by atoms with van der Waals surface area (Å²) in [5.74, 6) is 0.0664. The SMILES string of the molecule is CC(Br)C(=O)NC1CCc2ccccc21. The quantitative estimate of drug-likeness (QED) is 0.821. The molecule has 1 aliphatic rings. The van der Waals surface area contributed by atoms with Crippen LogP contribution in [0.1, 0.15) is 30.5 Å². The molecule has 1 aromatic carbocycles. The molecule has 80 valence electrons. The molecule has 0 spiro atoms. The van der Waals surface area contributed by atoms with E-state index in [0.717, 1.165) is 12.8 Å². The number of benzene rings is 1. The molecular formula is C12H14BrNO. The van der Waals surface area contributed by atoms with Gasteiger partial charge in [-0.15, -0.1) is 0 Å². The Hall–Kier alpha value is -0.830. The summed E-state index contributed by atoms with van der Waals surface area (Å²) in [7, 11) is 0. The average Bonchev–Trinajstić information content (AvgIpc) is 2.62. The minimum absolute atomic E-state index is 0.0664. The Morgan fingerprint density at radius 1 is 1.53 bits per heavy atom. The third kappa shape index (κ3) is 2.23. The molecule has 0 heterocycles. The standard InChI is InChI=1S/C12H14BrNO/c1-8(13)12(15)14-11-7-6-9-4-2-3-5-10(9)11/h2-5,8,11H,6-7H2,1H3,(H,14,15). The third-order valence-corrected chi connectivity index (χ3v) is 3.23. The summed E-state index contributed by atoms with van der Waals surface area (Å²) in [5.41, 5.74) is 2.64. The Morgan fingerprint density at radius 3 is 3.00 bits per heavy atom. The topological polar surface area (TPSA) is 29.1 Å². The lowest BCUT2D eigenvalue weighted by Gasteiger charge is -2.15. The van der Waals surface area contributed by atoms with E-state index in [1.54, 1.807) is 0 Å². The second-order valence-electron chi connectivity index (χ2n) is 3.91. The molecule has 1 aromatic rings. The highest BCUT2D eigenvalue weighted by Gasteiger charge is 2.24. The second kappa shape index (κ2) is 4.35. The molecule has 2 rings (SSSR count). The van der Waals surface area contributed by atoms with E-state index in [1.807, 2.05) is 13.0 Å². The number of amides is 1. The average molecular weight is 268 g/mol. The molecule has 0 radical (unpaired) electrons. The maximum atomic E-state index is 11.6. The molecule has 2 nitrogen and oxygen atoms in total. The van der Waals surface area contributed by atoms with E-state index >= 15 is 0 Å². The first-order chi connectivity index (χ1) is 7.18. The lowest BCUT2D eigenvalue weighted by atomic mass is 10.1. The van der Waals surface area contributed by atoms with E-state index in [-0.39, 0.29) is 16.8 Å². The summed E-state index contributed by atoms with van der Waals surface area (Å²) >= 11 is 3.27. The van der Waals surface area contributed by atoms with Crippen LogP contribution in [0, 0.1) is 0 Å². The van der Waals surface area contributed by atoms with Crippen LogP contribution < -0.4 is 5.32 Å². The molecule has 0 aromatic heterocycles. The van der Waals surface area contributed by atoms with Crippen LogP contribution in [0.4, 0.5) is 0 Å². The lowest BCUT2D eigenvalue weighted by molar-refractivity contribution is -0.120. The van der Waals surface area contributed by atoms with E-state index < -0.39 is 0 Å². The molecule has 0 saturated heterocycles. The number of rotatable bonds is 2. The van der Waals surface area contributed by atoms with Gasteiger partial charge in [0.05, 0.1) is 10.9 Å². The van der Waals surface area contributed by atoms with E-state index in [1.165, 1.54) is 11.1 Å². The Morgan fingerprint density at radius 2 is 2.27 bits per heavy atom. The van der Waals surface area contributed by atoms with Gasteiger partial charge in [-0.2, -0.15) is 0 Å². The van der Waals surface area contributed by atoms with Gasteiger partial charge < -0.3 is 5.32 Å². The summed E-state index contributed by atoms with van der Waals surface area (Å²) in [6.07, 6.45) is 2.09. The van der Waals surface area contributed by atoms with Crippen LogP contribution in [0.2, 0.25) is 0 Å². The van der Waals surface area contributed by atoms with Gasteiger partial charge in [-0.05, 0) is 30.9 Å². The van der Waals surface area contributed by atoms with Crippen molar-refractivity contribution in [3.63, 3.8) is 0 Å². The Balaban J connectivity index is 2.11. The zero-order valence-corrected chi connectivity index (χ0v) is 10.3. The summed E-state index contributed by atoms with van der Waals surface area (Å²) in [6, 6.07) is 8.52. The van der Waals surface area contributed by atoms with Crippen molar-refractivity contribution in [3.05, 3.63) is 35.4 Å². The molecule has 1 amide bonds. The molecule has 1 N–H and O–H groups in total. The molecule has 15 heavy (non-hydrogen) atoms. The highest BCUT2D eigenvalue weighted by atomic mass is 79.9. The number of hydrogen-bond acceptors (Lipinski definition) is 1. The Labute approximate surface area is 98.2 Å². The van der Waals surface area contributed by atoms with Gasteiger partial charge in [-0.25, -0.2) is 0 Å². The number of nitrogens with one attached hydrogen (secondary N) is 1. The van der Waals surface area contributed by atoms with Gasteiger partial charge in [0, 0.05) is 0 Å². The molecule has 0 fully saturated rings. The van der Waals surface area contributed by atoms with Crippen LogP contribution in [-0.2, 0) is 11.2 Å². The van der Waals surface area contributed by atoms with Crippen molar-refractivity contribution < 1.29 is 4.79 Å². The van der Waals surface area contributed by atoms with Crippen molar-refractivity contribution in [1.82, 2.24) is 5.32 Å². The van der Waals surface area contributed by atoms with Gasteiger partial charge in [0.1, 0.15) is 0 Å². The molecule has 0 saturated carbocycles. The maximum absolute atomic E-state index is 11.6. The number of hydrogen-bond donors (Lipinski definition) is 1. The smallest absolute Gasteiger partial charge is 0.233 e. The van der Waals surface area contributed by atoms with E-state index in [2.05, 4.69) is 39.4 Å². The second-order valence-corrected chi connectivity index (χ2v) is 5.29. The summed E-state index contributed by atoms with van der Waals surface area (Å²) in [5, 5.41) is 3.05. The molecular weight excluding hydrogens is 254 g/mol. The largest absolute Gasteiger partial charge is 0.348 e. The fraction of sp³-hybridized carbons (Fsp3) is 0.417. The van der Waals surface area contributed by atoms with Crippen molar-refractivity contribution in [1.29, 1.82) is 0 Å². The van der Waals surface area contributed by atoms with Crippen LogP contribution in [0.15, 0.2) is 24.3 Å². The number of carbonyl (C=O) groups excluding carboxylic acids is 1. The number of aryl methyl sites for hydroxylation is 1. The van der Waals surface area contributed by atoms with Gasteiger partial charge in [0.2, 0.25) is 5.91 Å². The first-order valence-electron chi connectivity index (χ1n) is 5.20. The van der Waals surface area contributed by atoms with Crippen molar-refractivity contribution in [2.45, 2.75) is 30.6 Å². The number of alkyl halides is 1. The normalized spacial score (nSPS) is 20.8. The van der Waals surface area contributed by atoms with Crippen LogP contribution in [0.5, 0.6) is 0 Å². The van der Waals surface area contributed by atoms with Crippen molar-refractivity contribution >= 4 is 21.8 Å². The molecule has 0 bridgehead atoms. The number of fused-ring (bicyclic) bond motifs is 1. The van der Waals surface area contributed by atoms with Crippen LogP contribution >= 0.6 is 15.9 Å². The summed E-state index contributed by atoms with van der Waals surface area (Å²) < 4.78 is 0. The Bertz CT molecular complexity index is 376. The van der Waals surface area contributed by atoms with Gasteiger partial charge in [0.15, 0.2) is 0 Å². The maximum Gasteiger partial charge on any atom is 0.233 e. The summed E-state index contributed by atoms with van der Waals surface area (Å²) in [4.78, 5) is 11.4. The minimum atomic E-state index is -0.120. The highest BCUT2D eigenvalue weighted by Crippen LogP contribution is 2.30. The molecule has 0 aliphatic heterocycles. The predicted octanol–water partition coefficient (Wildman–Crippen LogP) is 2.57. The Kier molecular flexibility index (Phi) is 3.10. The van der Waals surface area contributed by atoms with Crippen LogP contribution in [0.3, 0.4) is 0 Å². The number of halogens is 1. The fourth-order valence-electron chi connectivity index (χ4n) is 1.99. The van der Waals surface area contributed by atoms with Gasteiger partial charge >= 0.3 is 0 Å². The van der Waals surface area contributed by atoms with Crippen LogP contribution in [0.25, 0.3) is 0 Å². The first-order valence-corrected chi connectivity index (χ1v) is 6.12. The van der Waals surface area contributed by atoms with Crippen LogP contribution in [-0.4, -0.2) is 10.7 Å². The fourth-order valence-corrected chi connectivity index (χ4v) is 2.13. The van der Waals surface area contributed by atoms with E-state index in [9.17, 15) is 4.79 Å². The first kappa shape index (κ1) is 10.7. The molecule has 3 heteroatoms. The molecule has 1 aliphatic carbocycles. The molecule has 2 unspecified atom stereocenters. The lowest BCUT2D eigenvalue weighted by Crippen LogP contribution is -2.32. The van der Waals surface area contributed by atoms with Crippen molar-refractivity contribution in [3.8, 4) is 0 Å². The monoisotopic (exact) mass is 267 g/mol. The minimum Gasteiger partial charge on any atom is -0.348 e. The van der Waals surface area contributed by atoms with Gasteiger partial charge in [-0.1, -0.05) is 40.2 Å². The van der Waals surface area contributed by atoms with Gasteiger partial charge in [0.25, 0.3) is 0 Å². The van der Waals surface area contributed by atoms with Gasteiger partial charge in [-0.3, -0.25) is 4.79 Å². The molecule has 2 atom stereocenters. The predicted molar refractivity (Wildman–Crippen MR) is 64.0 cm³/mol. The zero-order chi connectivity index (χ0) is 10.8.